The third-order valence-electron chi connectivity index (χ3n) is 3.98. The summed E-state index contributed by atoms with van der Waals surface area (Å²) >= 11 is 1.89. The molecule has 0 spiro atoms. The first-order valence-corrected chi connectivity index (χ1v) is 9.49. The summed E-state index contributed by atoms with van der Waals surface area (Å²) < 4.78 is 1.87. The van der Waals surface area contributed by atoms with Crippen molar-refractivity contribution in [1.29, 1.82) is 0 Å². The molecule has 2 rings (SSSR count). The first-order valence-electron chi connectivity index (χ1n) is 8.50. The van der Waals surface area contributed by atoms with E-state index in [1.165, 1.54) is 4.91 Å². The summed E-state index contributed by atoms with van der Waals surface area (Å²) in [5.41, 5.74) is 3.12. The average molecular weight is 358 g/mol. The van der Waals surface area contributed by atoms with Gasteiger partial charge in [-0.2, -0.15) is 5.10 Å². The highest BCUT2D eigenvalue weighted by Gasteiger charge is 2.18. The van der Waals surface area contributed by atoms with Gasteiger partial charge in [0, 0.05) is 13.6 Å². The monoisotopic (exact) mass is 357 g/mol. The Labute approximate surface area is 154 Å². The second-order valence-electron chi connectivity index (χ2n) is 5.84. The Morgan fingerprint density at radius 1 is 1.44 bits per heavy atom. The Kier molecular flexibility index (Phi) is 7.25. The summed E-state index contributed by atoms with van der Waals surface area (Å²) in [4.78, 5) is 10.8. The molecule has 0 saturated carbocycles. The molecule has 1 aliphatic rings. The van der Waals surface area contributed by atoms with E-state index in [1.54, 1.807) is 6.08 Å². The molecular weight excluding hydrogens is 330 g/mol. The van der Waals surface area contributed by atoms with Crippen LogP contribution in [0.2, 0.25) is 0 Å². The fraction of sp³-hybridized carbons (Fsp3) is 0.421. The lowest BCUT2D eigenvalue weighted by Gasteiger charge is -2.09. The van der Waals surface area contributed by atoms with Crippen molar-refractivity contribution in [2.24, 2.45) is 17.0 Å². The highest BCUT2D eigenvalue weighted by molar-refractivity contribution is 8.03. The molecule has 25 heavy (non-hydrogen) atoms. The van der Waals surface area contributed by atoms with Gasteiger partial charge in [0.1, 0.15) is 5.84 Å². The van der Waals surface area contributed by atoms with Crippen LogP contribution in [0.3, 0.4) is 0 Å². The normalized spacial score (nSPS) is 15.2. The third kappa shape index (κ3) is 5.19. The molecule has 5 nitrogen and oxygen atoms in total. The molecular formula is C19H27N5S. The van der Waals surface area contributed by atoms with E-state index in [4.69, 9.17) is 4.99 Å². The zero-order valence-electron chi connectivity index (χ0n) is 15.5. The average Bonchev–Trinajstić information content (AvgIpc) is 2.86. The van der Waals surface area contributed by atoms with Crippen LogP contribution in [0.5, 0.6) is 0 Å². The molecule has 0 aliphatic carbocycles. The molecule has 6 heteroatoms. The van der Waals surface area contributed by atoms with Crippen LogP contribution < -0.4 is 5.32 Å². The van der Waals surface area contributed by atoms with E-state index in [0.29, 0.717) is 6.54 Å². The molecule has 0 atom stereocenters. The van der Waals surface area contributed by atoms with Gasteiger partial charge in [0.15, 0.2) is 5.84 Å². The summed E-state index contributed by atoms with van der Waals surface area (Å²) in [6.07, 6.45) is 8.78. The number of hydrogen-bond donors (Lipinski definition) is 1. The maximum Gasteiger partial charge on any atom is 0.153 e. The fourth-order valence-electron chi connectivity index (χ4n) is 2.39. The van der Waals surface area contributed by atoms with Crippen molar-refractivity contribution in [2.75, 3.05) is 12.3 Å². The quantitative estimate of drug-likeness (QED) is 0.596. The lowest BCUT2D eigenvalue weighted by molar-refractivity contribution is 0.712. The minimum atomic E-state index is 0.578. The van der Waals surface area contributed by atoms with Crippen LogP contribution in [0.4, 0.5) is 0 Å². The molecule has 0 radical (unpaired) electrons. The number of aryl methyl sites for hydroxylation is 1. The van der Waals surface area contributed by atoms with Gasteiger partial charge in [-0.25, -0.2) is 4.99 Å². The topological polar surface area (TPSA) is 54.6 Å². The van der Waals surface area contributed by atoms with E-state index in [-0.39, 0.29) is 0 Å². The molecule has 1 aromatic heterocycles. The number of aromatic nitrogens is 2. The Balaban J connectivity index is 2.12. The predicted octanol–water partition coefficient (Wildman–Crippen LogP) is 3.85. The van der Waals surface area contributed by atoms with Crippen molar-refractivity contribution < 1.29 is 0 Å². The van der Waals surface area contributed by atoms with E-state index in [9.17, 15) is 0 Å². The molecule has 134 valence electrons. The summed E-state index contributed by atoms with van der Waals surface area (Å²) in [5.74, 6) is 2.69. The summed E-state index contributed by atoms with van der Waals surface area (Å²) in [6, 6.07) is 0. The van der Waals surface area contributed by atoms with Crippen molar-refractivity contribution in [3.05, 3.63) is 52.7 Å². The summed E-state index contributed by atoms with van der Waals surface area (Å²) in [6.45, 7) is 11.4. The second kappa shape index (κ2) is 9.42. The minimum Gasteiger partial charge on any atom is -0.369 e. The van der Waals surface area contributed by atoms with Gasteiger partial charge in [0.25, 0.3) is 0 Å². The maximum atomic E-state index is 4.77. The van der Waals surface area contributed by atoms with Crippen LogP contribution in [0, 0.1) is 0 Å². The van der Waals surface area contributed by atoms with Crippen molar-refractivity contribution >= 4 is 23.4 Å². The van der Waals surface area contributed by atoms with Crippen molar-refractivity contribution in [3.8, 4) is 0 Å². The molecule has 0 amide bonds. The van der Waals surface area contributed by atoms with Gasteiger partial charge in [-0.05, 0) is 43.4 Å². The zero-order chi connectivity index (χ0) is 18.2. The SMILES string of the molecule is C=C/C=C(\C)C1=NCc2c(cnn2C)C(NCCCS/C(C)=C\C)=N1. The zero-order valence-corrected chi connectivity index (χ0v) is 16.4. The highest BCUT2D eigenvalue weighted by atomic mass is 32.2. The fourth-order valence-corrected chi connectivity index (χ4v) is 3.17. The number of hydrogen-bond acceptors (Lipinski definition) is 5. The summed E-state index contributed by atoms with van der Waals surface area (Å²) in [7, 11) is 1.94. The number of aliphatic imine (C=N–C) groups is 2. The first kappa shape index (κ1) is 19.2. The number of nitrogens with zero attached hydrogens (tertiary/aromatic N) is 4. The second-order valence-corrected chi connectivity index (χ2v) is 7.18. The largest absolute Gasteiger partial charge is 0.369 e. The lowest BCUT2D eigenvalue weighted by Crippen LogP contribution is -2.27. The van der Waals surface area contributed by atoms with Crippen LogP contribution in [-0.4, -0.2) is 33.7 Å². The first-order chi connectivity index (χ1) is 12.1. The predicted molar refractivity (Wildman–Crippen MR) is 109 cm³/mol. The standard InChI is InChI=1S/C19H27N5S/c1-6-9-14(3)18-21-13-17-16(12-22-24(17)5)19(23-18)20-10-8-11-25-15(4)7-2/h6-7,9,12H,1,8,10-11,13H2,2-5H3,(H,20,21,23)/b14-9+,15-7-. The number of thioether (sulfide) groups is 1. The number of amidine groups is 2. The Morgan fingerprint density at radius 3 is 2.96 bits per heavy atom. The molecule has 2 heterocycles. The molecule has 0 aromatic carbocycles. The molecule has 0 fully saturated rings. The van der Waals surface area contributed by atoms with E-state index < -0.39 is 0 Å². The van der Waals surface area contributed by atoms with Crippen LogP contribution in [0.15, 0.2) is 51.5 Å². The van der Waals surface area contributed by atoms with Gasteiger partial charge < -0.3 is 5.32 Å². The maximum absolute atomic E-state index is 4.77. The van der Waals surface area contributed by atoms with Crippen molar-refractivity contribution in [1.82, 2.24) is 15.1 Å². The molecule has 1 aliphatic heterocycles. The minimum absolute atomic E-state index is 0.578. The summed E-state index contributed by atoms with van der Waals surface area (Å²) in [5, 5.41) is 7.84. The van der Waals surface area contributed by atoms with Gasteiger partial charge in [0.05, 0.1) is 24.0 Å². The number of allylic oxidation sites excluding steroid dienone is 4. The Bertz CT molecular complexity index is 737. The highest BCUT2D eigenvalue weighted by Crippen LogP contribution is 2.17. The Morgan fingerprint density at radius 2 is 2.24 bits per heavy atom. The van der Waals surface area contributed by atoms with Gasteiger partial charge >= 0.3 is 0 Å². The molecule has 0 saturated heterocycles. The lowest BCUT2D eigenvalue weighted by atomic mass is 10.2. The van der Waals surface area contributed by atoms with E-state index >= 15 is 0 Å². The van der Waals surface area contributed by atoms with Crippen LogP contribution in [0.25, 0.3) is 0 Å². The van der Waals surface area contributed by atoms with Gasteiger partial charge in [-0.15, -0.1) is 11.8 Å². The van der Waals surface area contributed by atoms with Gasteiger partial charge in [-0.3, -0.25) is 9.67 Å². The molecule has 1 N–H and O–H groups in total. The smallest absolute Gasteiger partial charge is 0.153 e. The van der Waals surface area contributed by atoms with E-state index in [2.05, 4.69) is 41.9 Å². The van der Waals surface area contributed by atoms with Gasteiger partial charge in [-0.1, -0.05) is 24.8 Å². The van der Waals surface area contributed by atoms with E-state index in [1.807, 2.05) is 42.7 Å². The van der Waals surface area contributed by atoms with Crippen LogP contribution in [-0.2, 0) is 13.6 Å². The molecule has 0 bridgehead atoms. The number of rotatable bonds is 7. The van der Waals surface area contributed by atoms with E-state index in [0.717, 1.165) is 47.2 Å². The number of nitrogens with one attached hydrogen (secondary N) is 1. The third-order valence-corrected chi connectivity index (χ3v) is 5.17. The Hall–Kier alpha value is -2.08. The molecule has 1 aromatic rings. The van der Waals surface area contributed by atoms with Crippen LogP contribution >= 0.6 is 11.8 Å². The molecule has 0 unspecified atom stereocenters. The number of fused-ring (bicyclic) bond motifs is 1. The van der Waals surface area contributed by atoms with Crippen molar-refractivity contribution in [2.45, 2.75) is 33.7 Å². The van der Waals surface area contributed by atoms with Crippen LogP contribution in [0.1, 0.15) is 38.4 Å². The van der Waals surface area contributed by atoms with Crippen molar-refractivity contribution in [3.63, 3.8) is 0 Å². The van der Waals surface area contributed by atoms with Gasteiger partial charge in [0.2, 0.25) is 0 Å².